The van der Waals surface area contributed by atoms with Gasteiger partial charge in [-0.15, -0.1) is 11.3 Å². The zero-order chi connectivity index (χ0) is 20.6. The number of thiophene rings is 1. The maximum atomic E-state index is 12.1. The van der Waals surface area contributed by atoms with Crippen LogP contribution < -0.4 is 10.6 Å². The van der Waals surface area contributed by atoms with E-state index in [1.165, 1.54) is 45.4 Å². The first-order chi connectivity index (χ1) is 13.1. The number of carbonyl (C=O) groups is 3. The van der Waals surface area contributed by atoms with Crippen LogP contribution in [0.3, 0.4) is 0 Å². The highest BCUT2D eigenvalue weighted by Crippen LogP contribution is 2.25. The third kappa shape index (κ3) is 3.63. The zero-order valence-electron chi connectivity index (χ0n) is 15.3. The summed E-state index contributed by atoms with van der Waals surface area (Å²) in [4.78, 5) is 37.7. The van der Waals surface area contributed by atoms with Crippen LogP contribution >= 0.6 is 11.3 Å². The molecule has 2 heterocycles. The van der Waals surface area contributed by atoms with E-state index in [1.54, 1.807) is 6.07 Å². The summed E-state index contributed by atoms with van der Waals surface area (Å²) in [5, 5.41) is 5.22. The highest BCUT2D eigenvalue weighted by Gasteiger charge is 2.32. The largest absolute Gasteiger partial charge is 0.333 e. The molecule has 9 nitrogen and oxygen atoms in total. The Labute approximate surface area is 166 Å². The lowest BCUT2D eigenvalue weighted by Crippen LogP contribution is -2.28. The predicted molar refractivity (Wildman–Crippen MR) is 104 cm³/mol. The van der Waals surface area contributed by atoms with Crippen molar-refractivity contribution in [2.75, 3.05) is 26.5 Å². The Kier molecular flexibility index (Phi) is 5.24. The minimum Gasteiger partial charge on any atom is -0.333 e. The maximum Gasteiger partial charge on any atom is 0.319 e. The highest BCUT2D eigenvalue weighted by atomic mass is 32.2. The number of hydrogen-bond donors (Lipinski definition) is 2. The van der Waals surface area contributed by atoms with E-state index >= 15 is 0 Å². The van der Waals surface area contributed by atoms with Crippen LogP contribution in [0.25, 0.3) is 0 Å². The molecule has 0 atom stereocenters. The fraction of sp³-hybridized carbons (Fsp3) is 0.235. The van der Waals surface area contributed by atoms with E-state index < -0.39 is 22.0 Å². The Morgan fingerprint density at radius 2 is 1.79 bits per heavy atom. The van der Waals surface area contributed by atoms with Crippen LogP contribution in [0.5, 0.6) is 0 Å². The minimum absolute atomic E-state index is 0.143. The van der Waals surface area contributed by atoms with Crippen molar-refractivity contribution in [3.05, 3.63) is 46.3 Å². The molecule has 0 bridgehead atoms. The number of sulfonamides is 1. The minimum atomic E-state index is -3.50. The van der Waals surface area contributed by atoms with Gasteiger partial charge in [0.05, 0.1) is 17.7 Å². The van der Waals surface area contributed by atoms with Crippen LogP contribution in [0.1, 0.15) is 25.6 Å². The van der Waals surface area contributed by atoms with Gasteiger partial charge in [0.1, 0.15) is 4.21 Å². The number of rotatable bonds is 5. The average Bonchev–Trinajstić information content (AvgIpc) is 3.21. The Balaban J connectivity index is 1.63. The molecule has 0 aliphatic carbocycles. The van der Waals surface area contributed by atoms with Crippen molar-refractivity contribution in [2.45, 2.75) is 10.8 Å². The summed E-state index contributed by atoms with van der Waals surface area (Å²) < 4.78 is 25.5. The number of benzene rings is 1. The van der Waals surface area contributed by atoms with Crippen LogP contribution in [0.15, 0.2) is 34.5 Å². The molecular formula is C17H18N4O5S2. The molecule has 11 heteroatoms. The van der Waals surface area contributed by atoms with Gasteiger partial charge in [0, 0.05) is 31.7 Å². The van der Waals surface area contributed by atoms with Crippen molar-refractivity contribution in [1.29, 1.82) is 0 Å². The second-order valence-electron chi connectivity index (χ2n) is 6.25. The molecule has 28 heavy (non-hydrogen) atoms. The molecule has 2 N–H and O–H groups in total. The van der Waals surface area contributed by atoms with Crippen LogP contribution in [-0.4, -0.2) is 56.6 Å². The van der Waals surface area contributed by atoms with Gasteiger partial charge in [0.15, 0.2) is 0 Å². The fourth-order valence-electron chi connectivity index (χ4n) is 2.55. The molecule has 0 fully saturated rings. The van der Waals surface area contributed by atoms with Gasteiger partial charge < -0.3 is 10.6 Å². The number of anilines is 1. The molecule has 0 saturated carbocycles. The number of carbonyl (C=O) groups excluding carboxylic acids is 3. The summed E-state index contributed by atoms with van der Waals surface area (Å²) in [7, 11) is 0.799. The number of hydrogen-bond acceptors (Lipinski definition) is 6. The molecule has 3 rings (SSSR count). The molecule has 4 amide bonds. The Morgan fingerprint density at radius 3 is 2.46 bits per heavy atom. The fourth-order valence-corrected chi connectivity index (χ4v) is 5.02. The normalized spacial score (nSPS) is 13.8. The number of imide groups is 1. The second kappa shape index (κ2) is 7.34. The summed E-state index contributed by atoms with van der Waals surface area (Å²) in [5.41, 5.74) is 0.906. The van der Waals surface area contributed by atoms with Gasteiger partial charge in [-0.3, -0.25) is 14.5 Å². The lowest BCUT2D eigenvalue weighted by molar-refractivity contribution is 0.0693. The van der Waals surface area contributed by atoms with Gasteiger partial charge in [0.25, 0.3) is 21.8 Å². The summed E-state index contributed by atoms with van der Waals surface area (Å²) >= 11 is 1.07. The highest BCUT2D eigenvalue weighted by molar-refractivity contribution is 7.91. The molecule has 1 aromatic carbocycles. The average molecular weight is 422 g/mol. The molecule has 0 radical (unpaired) electrons. The smallest absolute Gasteiger partial charge is 0.319 e. The molecular weight excluding hydrogens is 404 g/mol. The second-order valence-corrected chi connectivity index (χ2v) is 9.79. The van der Waals surface area contributed by atoms with Crippen molar-refractivity contribution in [2.24, 2.45) is 0 Å². The number of nitrogens with zero attached hydrogens (tertiary/aromatic N) is 2. The summed E-state index contributed by atoms with van der Waals surface area (Å²) in [6.07, 6.45) is 0. The first-order valence-electron chi connectivity index (χ1n) is 8.14. The van der Waals surface area contributed by atoms with Crippen molar-refractivity contribution in [1.82, 2.24) is 14.5 Å². The molecule has 148 valence electrons. The molecule has 0 saturated heterocycles. The van der Waals surface area contributed by atoms with Gasteiger partial charge in [-0.25, -0.2) is 17.5 Å². The molecule has 1 aliphatic heterocycles. The Hall–Kier alpha value is -2.76. The zero-order valence-corrected chi connectivity index (χ0v) is 17.0. The molecule has 1 aliphatic rings. The van der Waals surface area contributed by atoms with Gasteiger partial charge in [-0.1, -0.05) is 0 Å². The number of urea groups is 1. The van der Waals surface area contributed by atoms with E-state index in [1.807, 2.05) is 0 Å². The van der Waals surface area contributed by atoms with Crippen molar-refractivity contribution >= 4 is 44.9 Å². The van der Waals surface area contributed by atoms with Crippen LogP contribution in [0, 0.1) is 0 Å². The number of amides is 4. The van der Waals surface area contributed by atoms with E-state index in [2.05, 4.69) is 10.6 Å². The standard InChI is InChI=1S/C17H18N4O5S2/c1-20(2)28(25,26)14-7-5-11(27-14)9-18-17(24)19-10-4-6-12-13(8-10)16(23)21(3)15(12)22/h4-8H,9H2,1-3H3,(H2,18,19,24). The molecule has 1 aromatic heterocycles. The lowest BCUT2D eigenvalue weighted by Gasteiger charge is -2.09. The predicted octanol–water partition coefficient (Wildman–Crippen LogP) is 1.55. The number of nitrogens with one attached hydrogen (secondary N) is 2. The van der Waals surface area contributed by atoms with E-state index in [0.29, 0.717) is 16.1 Å². The van der Waals surface area contributed by atoms with Crippen LogP contribution in [0.2, 0.25) is 0 Å². The van der Waals surface area contributed by atoms with Crippen molar-refractivity contribution in [3.8, 4) is 0 Å². The molecule has 2 aromatic rings. The molecule has 0 spiro atoms. The van der Waals surface area contributed by atoms with Crippen molar-refractivity contribution < 1.29 is 22.8 Å². The quantitative estimate of drug-likeness (QED) is 0.709. The number of fused-ring (bicyclic) bond motifs is 1. The van der Waals surface area contributed by atoms with Gasteiger partial charge in [0.2, 0.25) is 0 Å². The first-order valence-corrected chi connectivity index (χ1v) is 10.4. The summed E-state index contributed by atoms with van der Waals surface area (Å²) in [5.74, 6) is -0.797. The monoisotopic (exact) mass is 422 g/mol. The SMILES string of the molecule is CN1C(=O)c2ccc(NC(=O)NCc3ccc(S(=O)(=O)N(C)C)s3)cc2C1=O. The Bertz CT molecular complexity index is 1070. The topological polar surface area (TPSA) is 116 Å². The van der Waals surface area contributed by atoms with Gasteiger partial charge in [-0.05, 0) is 30.3 Å². The summed E-state index contributed by atoms with van der Waals surface area (Å²) in [6, 6.07) is 7.09. The van der Waals surface area contributed by atoms with Gasteiger partial charge >= 0.3 is 6.03 Å². The van der Waals surface area contributed by atoms with Crippen molar-refractivity contribution in [3.63, 3.8) is 0 Å². The third-order valence-electron chi connectivity index (χ3n) is 4.14. The third-order valence-corrected chi connectivity index (χ3v) is 7.51. The van der Waals surface area contributed by atoms with Gasteiger partial charge in [-0.2, -0.15) is 0 Å². The maximum absolute atomic E-state index is 12.1. The van der Waals surface area contributed by atoms with E-state index in [9.17, 15) is 22.8 Å². The first kappa shape index (κ1) is 20.0. The van der Waals surface area contributed by atoms with Crippen LogP contribution in [-0.2, 0) is 16.6 Å². The van der Waals surface area contributed by atoms with E-state index in [-0.39, 0.29) is 22.2 Å². The van der Waals surface area contributed by atoms with E-state index in [4.69, 9.17) is 0 Å². The van der Waals surface area contributed by atoms with E-state index in [0.717, 1.165) is 20.5 Å². The van der Waals surface area contributed by atoms with Crippen LogP contribution in [0.4, 0.5) is 10.5 Å². The molecule has 0 unspecified atom stereocenters. The Morgan fingerprint density at radius 1 is 1.11 bits per heavy atom. The summed E-state index contributed by atoms with van der Waals surface area (Å²) in [6.45, 7) is 0.143. The lowest BCUT2D eigenvalue weighted by atomic mass is 10.1.